The van der Waals surface area contributed by atoms with Crippen LogP contribution in [-0.4, -0.2) is 19.6 Å². The van der Waals surface area contributed by atoms with E-state index in [0.717, 1.165) is 17.9 Å². The van der Waals surface area contributed by atoms with Gasteiger partial charge in [0, 0.05) is 12.1 Å². The van der Waals surface area contributed by atoms with Crippen LogP contribution in [0.25, 0.3) is 0 Å². The second kappa shape index (κ2) is 4.70. The van der Waals surface area contributed by atoms with Gasteiger partial charge in [-0.25, -0.2) is 0 Å². The second-order valence-corrected chi connectivity index (χ2v) is 3.39. The first-order valence-corrected chi connectivity index (χ1v) is 5.08. The molecule has 0 radical (unpaired) electrons. The zero-order valence-corrected chi connectivity index (χ0v) is 9.03. The van der Waals surface area contributed by atoms with Gasteiger partial charge in [0.25, 0.3) is 5.91 Å². The normalized spacial score (nSPS) is 13.9. The Balaban J connectivity index is 2.00. The van der Waals surface area contributed by atoms with E-state index < -0.39 is 0 Å². The summed E-state index contributed by atoms with van der Waals surface area (Å²) in [5, 5.41) is 2.75. The van der Waals surface area contributed by atoms with Gasteiger partial charge in [-0.2, -0.15) is 0 Å². The van der Waals surface area contributed by atoms with Gasteiger partial charge in [0.15, 0.2) is 5.76 Å². The first-order valence-electron chi connectivity index (χ1n) is 5.08. The number of nitrogens with one attached hydrogen (secondary N) is 1. The molecule has 0 bridgehead atoms. The summed E-state index contributed by atoms with van der Waals surface area (Å²) in [5.74, 6) is 0.952. The molecule has 4 nitrogen and oxygen atoms in total. The van der Waals surface area contributed by atoms with Crippen LogP contribution in [0.3, 0.4) is 0 Å². The molecule has 84 valence electrons. The Morgan fingerprint density at radius 1 is 1.38 bits per heavy atom. The number of hydrogen-bond donors (Lipinski definition) is 1. The lowest BCUT2D eigenvalue weighted by Gasteiger charge is -2.06. The van der Waals surface area contributed by atoms with Crippen LogP contribution in [0.5, 0.6) is 5.75 Å². The Kier molecular flexibility index (Phi) is 3.10. The maximum Gasteiger partial charge on any atom is 0.290 e. The summed E-state index contributed by atoms with van der Waals surface area (Å²) in [6.45, 7) is 0.589. The minimum atomic E-state index is -0.206. The predicted molar refractivity (Wildman–Crippen MR) is 60.3 cm³/mol. The van der Waals surface area contributed by atoms with Gasteiger partial charge < -0.3 is 14.8 Å². The molecular weight excluding hydrogens is 206 g/mol. The minimum absolute atomic E-state index is 0.206. The van der Waals surface area contributed by atoms with Crippen molar-refractivity contribution in [3.63, 3.8) is 0 Å². The third-order valence-corrected chi connectivity index (χ3v) is 2.28. The van der Waals surface area contributed by atoms with Crippen LogP contribution in [0, 0.1) is 0 Å². The monoisotopic (exact) mass is 219 g/mol. The fourth-order valence-corrected chi connectivity index (χ4v) is 1.44. The molecule has 0 saturated carbocycles. The van der Waals surface area contributed by atoms with E-state index >= 15 is 0 Å². The van der Waals surface area contributed by atoms with Crippen LogP contribution >= 0.6 is 0 Å². The number of ether oxygens (including phenoxy) is 2. The van der Waals surface area contributed by atoms with Crippen LogP contribution in [0.1, 0.15) is 6.42 Å². The molecule has 1 heterocycles. The van der Waals surface area contributed by atoms with Gasteiger partial charge in [0.2, 0.25) is 0 Å². The maximum absolute atomic E-state index is 11.6. The number of carbonyl (C=O) groups is 1. The van der Waals surface area contributed by atoms with Crippen molar-refractivity contribution in [2.45, 2.75) is 6.42 Å². The van der Waals surface area contributed by atoms with Gasteiger partial charge >= 0.3 is 0 Å². The molecule has 16 heavy (non-hydrogen) atoms. The quantitative estimate of drug-likeness (QED) is 0.845. The summed E-state index contributed by atoms with van der Waals surface area (Å²) < 4.78 is 10.2. The molecule has 0 aliphatic carbocycles. The Hall–Kier alpha value is -1.97. The molecule has 1 aliphatic heterocycles. The molecular formula is C12H13NO3. The van der Waals surface area contributed by atoms with Gasteiger partial charge in [0.1, 0.15) is 5.75 Å². The number of amides is 1. The first-order chi connectivity index (χ1) is 7.79. The number of benzene rings is 1. The van der Waals surface area contributed by atoms with E-state index in [4.69, 9.17) is 9.47 Å². The van der Waals surface area contributed by atoms with E-state index in [-0.39, 0.29) is 5.91 Å². The largest absolute Gasteiger partial charge is 0.497 e. The Morgan fingerprint density at radius 2 is 2.12 bits per heavy atom. The van der Waals surface area contributed by atoms with Crippen LogP contribution in [0.4, 0.5) is 5.69 Å². The highest BCUT2D eigenvalue weighted by atomic mass is 16.5. The van der Waals surface area contributed by atoms with Crippen molar-refractivity contribution in [3.05, 3.63) is 36.1 Å². The Labute approximate surface area is 93.9 Å². The molecule has 0 fully saturated rings. The summed E-state index contributed by atoms with van der Waals surface area (Å²) in [4.78, 5) is 11.6. The summed E-state index contributed by atoms with van der Waals surface area (Å²) in [7, 11) is 1.60. The van der Waals surface area contributed by atoms with Gasteiger partial charge in [-0.1, -0.05) is 0 Å². The maximum atomic E-state index is 11.6. The molecule has 0 saturated heterocycles. The number of carbonyl (C=O) groups excluding carboxylic acids is 1. The molecule has 2 rings (SSSR count). The van der Waals surface area contributed by atoms with Crippen LogP contribution in [-0.2, 0) is 9.53 Å². The fourth-order valence-electron chi connectivity index (χ4n) is 1.44. The van der Waals surface area contributed by atoms with E-state index in [1.807, 2.05) is 0 Å². The van der Waals surface area contributed by atoms with Crippen molar-refractivity contribution in [1.82, 2.24) is 0 Å². The first kappa shape index (κ1) is 10.5. The standard InChI is InChI=1S/C12H13NO3/c1-15-10-6-4-9(5-7-10)13-12(14)11-3-2-8-16-11/h3-7H,2,8H2,1H3,(H,13,14). The van der Waals surface area contributed by atoms with Crippen molar-refractivity contribution in [1.29, 1.82) is 0 Å². The van der Waals surface area contributed by atoms with Crippen molar-refractivity contribution in [2.24, 2.45) is 0 Å². The summed E-state index contributed by atoms with van der Waals surface area (Å²) in [6.07, 6.45) is 2.59. The molecule has 1 aromatic rings. The fraction of sp³-hybridized carbons (Fsp3) is 0.250. The number of hydrogen-bond acceptors (Lipinski definition) is 3. The lowest BCUT2D eigenvalue weighted by atomic mass is 10.3. The smallest absolute Gasteiger partial charge is 0.290 e. The van der Waals surface area contributed by atoms with E-state index in [0.29, 0.717) is 12.4 Å². The third-order valence-electron chi connectivity index (χ3n) is 2.28. The molecule has 1 N–H and O–H groups in total. The van der Waals surface area contributed by atoms with Gasteiger partial charge in [-0.15, -0.1) is 0 Å². The Morgan fingerprint density at radius 3 is 2.69 bits per heavy atom. The van der Waals surface area contributed by atoms with Gasteiger partial charge in [0.05, 0.1) is 13.7 Å². The van der Waals surface area contributed by atoms with Crippen LogP contribution < -0.4 is 10.1 Å². The minimum Gasteiger partial charge on any atom is -0.497 e. The predicted octanol–water partition coefficient (Wildman–Crippen LogP) is 1.94. The Bertz CT molecular complexity index is 409. The average Bonchev–Trinajstić information content (AvgIpc) is 2.83. The lowest BCUT2D eigenvalue weighted by Crippen LogP contribution is -2.14. The average molecular weight is 219 g/mol. The zero-order valence-electron chi connectivity index (χ0n) is 9.03. The molecule has 4 heteroatoms. The van der Waals surface area contributed by atoms with E-state index in [1.165, 1.54) is 0 Å². The van der Waals surface area contributed by atoms with Crippen molar-refractivity contribution in [2.75, 3.05) is 19.0 Å². The number of anilines is 1. The molecule has 0 atom stereocenters. The molecule has 1 aromatic carbocycles. The highest BCUT2D eigenvalue weighted by Crippen LogP contribution is 2.17. The van der Waals surface area contributed by atoms with E-state index in [1.54, 1.807) is 37.5 Å². The highest BCUT2D eigenvalue weighted by molar-refractivity contribution is 6.02. The van der Waals surface area contributed by atoms with Crippen molar-refractivity contribution in [3.8, 4) is 5.75 Å². The van der Waals surface area contributed by atoms with Crippen LogP contribution in [0.15, 0.2) is 36.1 Å². The highest BCUT2D eigenvalue weighted by Gasteiger charge is 2.14. The van der Waals surface area contributed by atoms with E-state index in [2.05, 4.69) is 5.32 Å². The third kappa shape index (κ3) is 2.34. The van der Waals surface area contributed by atoms with E-state index in [9.17, 15) is 4.79 Å². The lowest BCUT2D eigenvalue weighted by molar-refractivity contribution is -0.115. The van der Waals surface area contributed by atoms with Crippen molar-refractivity contribution < 1.29 is 14.3 Å². The molecule has 1 amide bonds. The van der Waals surface area contributed by atoms with Gasteiger partial charge in [-0.05, 0) is 30.3 Å². The summed E-state index contributed by atoms with van der Waals surface area (Å²) >= 11 is 0. The van der Waals surface area contributed by atoms with Crippen LogP contribution in [0.2, 0.25) is 0 Å². The van der Waals surface area contributed by atoms with Gasteiger partial charge in [-0.3, -0.25) is 4.79 Å². The summed E-state index contributed by atoms with van der Waals surface area (Å²) in [6, 6.07) is 7.15. The molecule has 1 aliphatic rings. The SMILES string of the molecule is COc1ccc(NC(=O)C2=CCCO2)cc1. The topological polar surface area (TPSA) is 47.6 Å². The molecule has 0 spiro atoms. The second-order valence-electron chi connectivity index (χ2n) is 3.39. The molecule has 0 unspecified atom stereocenters. The number of methoxy groups -OCH3 is 1. The number of rotatable bonds is 3. The van der Waals surface area contributed by atoms with Crippen molar-refractivity contribution >= 4 is 11.6 Å². The molecule has 0 aromatic heterocycles. The zero-order chi connectivity index (χ0) is 11.4. The summed E-state index contributed by atoms with van der Waals surface area (Å²) in [5.41, 5.74) is 0.724.